The molecule has 0 bridgehead atoms. The van der Waals surface area contributed by atoms with Gasteiger partial charge in [0.25, 0.3) is 0 Å². The molecule has 0 spiro atoms. The highest BCUT2D eigenvalue weighted by atomic mass is 32.1. The molecule has 0 aliphatic carbocycles. The number of thiophene rings is 1. The molecule has 0 radical (unpaired) electrons. The van der Waals surface area contributed by atoms with Crippen molar-refractivity contribution in [1.29, 1.82) is 5.26 Å². The van der Waals surface area contributed by atoms with Crippen LogP contribution in [-0.4, -0.2) is 11.6 Å². The molecule has 0 aliphatic rings. The summed E-state index contributed by atoms with van der Waals surface area (Å²) in [5.74, 6) is 0.309. The van der Waals surface area contributed by atoms with Crippen LogP contribution in [-0.2, 0) is 0 Å². The molecule has 0 atom stereocenters. The highest BCUT2D eigenvalue weighted by Gasteiger charge is 2.16. The van der Waals surface area contributed by atoms with Crippen molar-refractivity contribution in [3.8, 4) is 11.8 Å². The van der Waals surface area contributed by atoms with Gasteiger partial charge in [-0.15, -0.1) is 11.3 Å². The summed E-state index contributed by atoms with van der Waals surface area (Å²) in [7, 11) is 0. The van der Waals surface area contributed by atoms with E-state index in [1.807, 2.05) is 26.8 Å². The zero-order valence-corrected chi connectivity index (χ0v) is 9.64. The summed E-state index contributed by atoms with van der Waals surface area (Å²) < 4.78 is 4.99. The van der Waals surface area contributed by atoms with E-state index in [2.05, 4.69) is 5.32 Å². The van der Waals surface area contributed by atoms with Crippen molar-refractivity contribution in [3.05, 3.63) is 16.3 Å². The average Bonchev–Trinajstić information content (AvgIpc) is 2.48. The minimum atomic E-state index is -0.544. The van der Waals surface area contributed by atoms with Crippen LogP contribution >= 0.6 is 11.3 Å². The Morgan fingerprint density at radius 3 is 2.73 bits per heavy atom. The minimum absolute atomic E-state index is 0.309. The van der Waals surface area contributed by atoms with E-state index < -0.39 is 6.09 Å². The zero-order chi connectivity index (χ0) is 11.5. The average molecular weight is 224 g/mol. The molecular formula is C10H12N2O2S. The highest BCUT2D eigenvalue weighted by Crippen LogP contribution is 2.22. The number of nitriles is 1. The van der Waals surface area contributed by atoms with Crippen LogP contribution in [0, 0.1) is 11.3 Å². The van der Waals surface area contributed by atoms with E-state index in [4.69, 9.17) is 10.00 Å². The molecule has 1 N–H and O–H groups in total. The first-order valence-electron chi connectivity index (χ1n) is 4.38. The van der Waals surface area contributed by atoms with Crippen molar-refractivity contribution in [2.75, 3.05) is 0 Å². The Hall–Kier alpha value is -1.54. The molecule has 1 aromatic rings. The molecule has 5 heteroatoms. The van der Waals surface area contributed by atoms with Gasteiger partial charge in [-0.1, -0.05) is 0 Å². The van der Waals surface area contributed by atoms with Crippen LogP contribution in [0.2, 0.25) is 0 Å². The van der Waals surface area contributed by atoms with Gasteiger partial charge in [0.1, 0.15) is 11.6 Å². The number of hydrogen-bond donors (Lipinski definition) is 1. The first kappa shape index (κ1) is 11.5. The molecule has 0 aromatic carbocycles. The van der Waals surface area contributed by atoms with Crippen LogP contribution in [0.3, 0.4) is 0 Å². The molecule has 0 fully saturated rings. The predicted molar refractivity (Wildman–Crippen MR) is 57.9 cm³/mol. The van der Waals surface area contributed by atoms with Crippen molar-refractivity contribution in [1.82, 2.24) is 5.32 Å². The monoisotopic (exact) mass is 224 g/mol. The Balaban J connectivity index is 2.64. The molecule has 1 rings (SSSR count). The van der Waals surface area contributed by atoms with Crippen LogP contribution in [0.5, 0.6) is 5.75 Å². The summed E-state index contributed by atoms with van der Waals surface area (Å²) in [6.45, 7) is 5.56. The molecule has 0 saturated heterocycles. The fourth-order valence-corrected chi connectivity index (χ4v) is 1.55. The third kappa shape index (κ3) is 3.60. The maximum atomic E-state index is 11.4. The lowest BCUT2D eigenvalue weighted by Gasteiger charge is -2.19. The number of ether oxygens (including phenoxy) is 1. The second kappa shape index (κ2) is 4.32. The molecule has 0 aliphatic heterocycles. The van der Waals surface area contributed by atoms with E-state index in [0.29, 0.717) is 11.3 Å². The number of carbonyl (C=O) groups is 1. The summed E-state index contributed by atoms with van der Waals surface area (Å²) in [6, 6.07) is 1.95. The van der Waals surface area contributed by atoms with Gasteiger partial charge in [-0.2, -0.15) is 5.26 Å². The Kier molecular flexibility index (Phi) is 3.32. The fourth-order valence-electron chi connectivity index (χ4n) is 0.877. The van der Waals surface area contributed by atoms with E-state index in [9.17, 15) is 4.79 Å². The van der Waals surface area contributed by atoms with E-state index in [1.165, 1.54) is 11.3 Å². The van der Waals surface area contributed by atoms with Crippen molar-refractivity contribution >= 4 is 17.4 Å². The lowest BCUT2D eigenvalue weighted by Crippen LogP contribution is -2.42. The topological polar surface area (TPSA) is 62.1 Å². The van der Waals surface area contributed by atoms with E-state index in [-0.39, 0.29) is 5.54 Å². The Morgan fingerprint density at radius 2 is 2.20 bits per heavy atom. The standard InChI is InChI=1S/C10H12N2O2S/c1-10(2,3)12-9(13)14-8-6-15-5-7(8)4-11/h5-6H,1-3H3,(H,12,13). The van der Waals surface area contributed by atoms with Crippen LogP contribution < -0.4 is 10.1 Å². The lowest BCUT2D eigenvalue weighted by atomic mass is 10.1. The normalized spacial score (nSPS) is 10.5. The van der Waals surface area contributed by atoms with E-state index in [1.54, 1.807) is 10.8 Å². The quantitative estimate of drug-likeness (QED) is 0.797. The van der Waals surface area contributed by atoms with Crippen LogP contribution in [0.1, 0.15) is 26.3 Å². The zero-order valence-electron chi connectivity index (χ0n) is 8.83. The van der Waals surface area contributed by atoms with Gasteiger partial charge in [-0.25, -0.2) is 4.79 Å². The maximum Gasteiger partial charge on any atom is 0.413 e. The third-order valence-corrected chi connectivity index (χ3v) is 2.15. The van der Waals surface area contributed by atoms with Gasteiger partial charge in [0.2, 0.25) is 0 Å². The van der Waals surface area contributed by atoms with E-state index in [0.717, 1.165) is 0 Å². The molecule has 1 aromatic heterocycles. The van der Waals surface area contributed by atoms with Crippen LogP contribution in [0.4, 0.5) is 4.79 Å². The van der Waals surface area contributed by atoms with Crippen LogP contribution in [0.15, 0.2) is 10.8 Å². The summed E-state index contributed by atoms with van der Waals surface area (Å²) in [5.41, 5.74) is 0.0314. The molecule has 0 saturated carbocycles. The third-order valence-electron chi connectivity index (χ3n) is 1.43. The summed E-state index contributed by atoms with van der Waals surface area (Å²) in [4.78, 5) is 11.4. The first-order chi connectivity index (χ1) is 6.92. The van der Waals surface area contributed by atoms with Gasteiger partial charge in [-0.05, 0) is 20.8 Å². The molecule has 80 valence electrons. The molecule has 1 amide bonds. The molecule has 1 heterocycles. The van der Waals surface area contributed by atoms with Gasteiger partial charge in [0.05, 0.1) is 0 Å². The van der Waals surface area contributed by atoms with E-state index >= 15 is 0 Å². The Morgan fingerprint density at radius 1 is 1.53 bits per heavy atom. The number of nitrogens with zero attached hydrogens (tertiary/aromatic N) is 1. The van der Waals surface area contributed by atoms with Gasteiger partial charge in [0, 0.05) is 16.3 Å². The molecule has 4 nitrogen and oxygen atoms in total. The first-order valence-corrected chi connectivity index (χ1v) is 5.33. The number of rotatable bonds is 1. The van der Waals surface area contributed by atoms with Crippen molar-refractivity contribution in [2.24, 2.45) is 0 Å². The van der Waals surface area contributed by atoms with Gasteiger partial charge in [0.15, 0.2) is 5.75 Å². The Bertz CT molecular complexity index is 398. The molecule has 0 unspecified atom stereocenters. The maximum absolute atomic E-state index is 11.4. The van der Waals surface area contributed by atoms with Crippen LogP contribution in [0.25, 0.3) is 0 Å². The summed E-state index contributed by atoms with van der Waals surface area (Å²) in [5, 5.41) is 14.6. The smallest absolute Gasteiger partial charge is 0.408 e. The predicted octanol–water partition coefficient (Wildman–Crippen LogP) is 2.51. The fraction of sp³-hybridized carbons (Fsp3) is 0.400. The lowest BCUT2D eigenvalue weighted by molar-refractivity contribution is 0.190. The second-order valence-electron chi connectivity index (χ2n) is 4.03. The molecule has 15 heavy (non-hydrogen) atoms. The van der Waals surface area contributed by atoms with Crippen molar-refractivity contribution in [3.63, 3.8) is 0 Å². The SMILES string of the molecule is CC(C)(C)NC(=O)Oc1cscc1C#N. The van der Waals surface area contributed by atoms with Gasteiger partial charge in [-0.3, -0.25) is 0 Å². The highest BCUT2D eigenvalue weighted by molar-refractivity contribution is 7.08. The van der Waals surface area contributed by atoms with Crippen molar-refractivity contribution < 1.29 is 9.53 Å². The Labute approximate surface area is 92.5 Å². The largest absolute Gasteiger partial charge is 0.413 e. The van der Waals surface area contributed by atoms with Gasteiger partial charge >= 0.3 is 6.09 Å². The van der Waals surface area contributed by atoms with Crippen molar-refractivity contribution in [2.45, 2.75) is 26.3 Å². The number of nitrogens with one attached hydrogen (secondary N) is 1. The van der Waals surface area contributed by atoms with Gasteiger partial charge < -0.3 is 10.1 Å². The molecular weight excluding hydrogens is 212 g/mol. The number of amides is 1. The number of hydrogen-bond acceptors (Lipinski definition) is 4. The second-order valence-corrected chi connectivity index (χ2v) is 4.77. The minimum Gasteiger partial charge on any atom is -0.408 e. The summed E-state index contributed by atoms with van der Waals surface area (Å²) in [6.07, 6.45) is -0.544. The number of carbonyl (C=O) groups excluding carboxylic acids is 1. The summed E-state index contributed by atoms with van der Waals surface area (Å²) >= 11 is 1.32.